The largest absolute Gasteiger partial charge is 0.396 e. The molecule has 0 radical (unpaired) electrons. The highest BCUT2D eigenvalue weighted by atomic mass is 16.5. The fourth-order valence-corrected chi connectivity index (χ4v) is 3.87. The van der Waals surface area contributed by atoms with E-state index in [2.05, 4.69) is 10.6 Å². The van der Waals surface area contributed by atoms with Crippen LogP contribution in [0.1, 0.15) is 32.1 Å². The van der Waals surface area contributed by atoms with Gasteiger partial charge in [0, 0.05) is 31.7 Å². The van der Waals surface area contributed by atoms with Gasteiger partial charge in [0.15, 0.2) is 0 Å². The summed E-state index contributed by atoms with van der Waals surface area (Å²) in [6, 6.07) is 0.0437. The third-order valence-corrected chi connectivity index (χ3v) is 5.18. The SMILES string of the molecule is O=C(NCCOCC1CC1)NC1C2CCC(C2)C1CO. The summed E-state index contributed by atoms with van der Waals surface area (Å²) in [7, 11) is 0. The van der Waals surface area contributed by atoms with Crippen molar-refractivity contribution in [3.63, 3.8) is 0 Å². The lowest BCUT2D eigenvalue weighted by atomic mass is 9.85. The van der Waals surface area contributed by atoms with Crippen LogP contribution in [0.4, 0.5) is 4.79 Å². The van der Waals surface area contributed by atoms with Gasteiger partial charge >= 0.3 is 6.03 Å². The van der Waals surface area contributed by atoms with Crippen LogP contribution in [0.5, 0.6) is 0 Å². The number of aliphatic hydroxyl groups is 1. The minimum atomic E-state index is -0.115. The summed E-state index contributed by atoms with van der Waals surface area (Å²) in [5.74, 6) is 2.19. The Labute approximate surface area is 120 Å². The standard InChI is InChI=1S/C15H26N2O3/c18-8-13-11-3-4-12(7-11)14(13)17-15(19)16-5-6-20-9-10-1-2-10/h10-14,18H,1-9H2,(H2,16,17,19). The Bertz CT molecular complexity index is 346. The number of carbonyl (C=O) groups is 1. The number of rotatable bonds is 7. The van der Waals surface area contributed by atoms with Crippen LogP contribution in [0.2, 0.25) is 0 Å². The zero-order valence-corrected chi connectivity index (χ0v) is 12.0. The highest BCUT2D eigenvalue weighted by Gasteiger charge is 2.47. The number of hydrogen-bond acceptors (Lipinski definition) is 3. The molecule has 3 fully saturated rings. The van der Waals surface area contributed by atoms with Crippen molar-refractivity contribution in [2.45, 2.75) is 38.1 Å². The second-order valence-corrected chi connectivity index (χ2v) is 6.62. The Balaban J connectivity index is 1.33. The second-order valence-electron chi connectivity index (χ2n) is 6.62. The molecule has 0 heterocycles. The Morgan fingerprint density at radius 2 is 2.00 bits per heavy atom. The maximum absolute atomic E-state index is 11.9. The molecule has 0 spiro atoms. The van der Waals surface area contributed by atoms with Gasteiger partial charge in [0.25, 0.3) is 0 Å². The highest BCUT2D eigenvalue weighted by molar-refractivity contribution is 5.74. The number of carbonyl (C=O) groups excluding carboxylic acids is 1. The van der Waals surface area contributed by atoms with Crippen molar-refractivity contribution in [3.05, 3.63) is 0 Å². The van der Waals surface area contributed by atoms with E-state index in [9.17, 15) is 9.90 Å². The zero-order chi connectivity index (χ0) is 13.9. The van der Waals surface area contributed by atoms with Gasteiger partial charge in [-0.15, -0.1) is 0 Å². The van der Waals surface area contributed by atoms with Crippen molar-refractivity contribution < 1.29 is 14.6 Å². The molecule has 3 saturated carbocycles. The predicted octanol–water partition coefficient (Wildman–Crippen LogP) is 1.12. The molecule has 5 nitrogen and oxygen atoms in total. The van der Waals surface area contributed by atoms with E-state index in [1.54, 1.807) is 0 Å². The van der Waals surface area contributed by atoms with Gasteiger partial charge in [-0.3, -0.25) is 0 Å². The average molecular weight is 282 g/mol. The topological polar surface area (TPSA) is 70.6 Å². The molecule has 0 aromatic rings. The maximum Gasteiger partial charge on any atom is 0.315 e. The van der Waals surface area contributed by atoms with Crippen molar-refractivity contribution in [3.8, 4) is 0 Å². The summed E-state index contributed by atoms with van der Waals surface area (Å²) in [6.45, 7) is 2.17. The first-order chi connectivity index (χ1) is 9.78. The van der Waals surface area contributed by atoms with E-state index in [1.807, 2.05) is 0 Å². The second kappa shape index (κ2) is 6.31. The Morgan fingerprint density at radius 3 is 2.75 bits per heavy atom. The fourth-order valence-electron chi connectivity index (χ4n) is 3.87. The molecule has 114 valence electrons. The maximum atomic E-state index is 11.9. The third kappa shape index (κ3) is 3.26. The van der Waals surface area contributed by atoms with Crippen LogP contribution >= 0.6 is 0 Å². The molecule has 3 aliphatic rings. The number of hydrogen-bond donors (Lipinski definition) is 3. The van der Waals surface area contributed by atoms with E-state index in [1.165, 1.54) is 32.1 Å². The van der Waals surface area contributed by atoms with Crippen LogP contribution in [0, 0.1) is 23.7 Å². The first-order valence-corrected chi connectivity index (χ1v) is 8.01. The van der Waals surface area contributed by atoms with Gasteiger partial charge in [-0.2, -0.15) is 0 Å². The summed E-state index contributed by atoms with van der Waals surface area (Å²) in [5, 5.41) is 15.4. The number of ether oxygens (including phenoxy) is 1. The minimum Gasteiger partial charge on any atom is -0.396 e. The fraction of sp³-hybridized carbons (Fsp3) is 0.933. The average Bonchev–Trinajstić information content (AvgIpc) is 3.05. The summed E-state index contributed by atoms with van der Waals surface area (Å²) in [5.41, 5.74) is 0. The van der Waals surface area contributed by atoms with Crippen molar-refractivity contribution >= 4 is 6.03 Å². The van der Waals surface area contributed by atoms with E-state index >= 15 is 0 Å². The zero-order valence-electron chi connectivity index (χ0n) is 12.0. The van der Waals surface area contributed by atoms with Gasteiger partial charge < -0.3 is 20.5 Å². The van der Waals surface area contributed by atoms with Gasteiger partial charge in [-0.1, -0.05) is 0 Å². The molecule has 2 amide bonds. The molecule has 0 aromatic carbocycles. The summed E-state index contributed by atoms with van der Waals surface area (Å²) < 4.78 is 5.49. The van der Waals surface area contributed by atoms with Crippen LogP contribution in [-0.4, -0.2) is 43.5 Å². The van der Waals surface area contributed by atoms with Gasteiger partial charge in [0.1, 0.15) is 0 Å². The molecule has 3 N–H and O–H groups in total. The summed E-state index contributed by atoms with van der Waals surface area (Å²) in [6.07, 6.45) is 6.16. The molecule has 0 aliphatic heterocycles. The van der Waals surface area contributed by atoms with Crippen LogP contribution in [0.25, 0.3) is 0 Å². The quantitative estimate of drug-likeness (QED) is 0.613. The smallest absolute Gasteiger partial charge is 0.315 e. The van der Waals surface area contributed by atoms with Crippen LogP contribution in [0.15, 0.2) is 0 Å². The predicted molar refractivity (Wildman–Crippen MR) is 75.3 cm³/mol. The van der Waals surface area contributed by atoms with E-state index < -0.39 is 0 Å². The van der Waals surface area contributed by atoms with Gasteiger partial charge in [-0.25, -0.2) is 4.79 Å². The molecule has 4 atom stereocenters. The Hall–Kier alpha value is -0.810. The first-order valence-electron chi connectivity index (χ1n) is 8.01. The molecule has 0 aromatic heterocycles. The van der Waals surface area contributed by atoms with Gasteiger partial charge in [0.2, 0.25) is 0 Å². The summed E-state index contributed by atoms with van der Waals surface area (Å²) in [4.78, 5) is 11.9. The number of fused-ring (bicyclic) bond motifs is 2. The van der Waals surface area contributed by atoms with Crippen molar-refractivity contribution in [1.82, 2.24) is 10.6 Å². The van der Waals surface area contributed by atoms with Crippen molar-refractivity contribution in [2.75, 3.05) is 26.4 Å². The van der Waals surface area contributed by atoms with E-state index in [0.717, 1.165) is 12.5 Å². The van der Waals surface area contributed by atoms with Crippen LogP contribution < -0.4 is 10.6 Å². The van der Waals surface area contributed by atoms with Crippen LogP contribution in [-0.2, 0) is 4.74 Å². The number of amides is 2. The molecular formula is C15H26N2O3. The molecular weight excluding hydrogens is 256 g/mol. The molecule has 3 rings (SSSR count). The summed E-state index contributed by atoms with van der Waals surface area (Å²) >= 11 is 0. The minimum absolute atomic E-state index is 0.115. The third-order valence-electron chi connectivity index (χ3n) is 5.18. The van der Waals surface area contributed by atoms with E-state index in [-0.39, 0.29) is 24.6 Å². The molecule has 4 unspecified atom stereocenters. The monoisotopic (exact) mass is 282 g/mol. The van der Waals surface area contributed by atoms with Gasteiger partial charge in [-0.05, 0) is 49.9 Å². The van der Waals surface area contributed by atoms with E-state index in [0.29, 0.717) is 25.0 Å². The first kappa shape index (κ1) is 14.1. The molecule has 3 aliphatic carbocycles. The highest BCUT2D eigenvalue weighted by Crippen LogP contribution is 2.48. The number of aliphatic hydroxyl groups excluding tert-OH is 1. The lowest BCUT2D eigenvalue weighted by molar-refractivity contribution is 0.124. The Kier molecular flexibility index (Phi) is 4.46. The lowest BCUT2D eigenvalue weighted by Crippen LogP contribution is -2.49. The normalized spacial score (nSPS) is 35.2. The molecule has 20 heavy (non-hydrogen) atoms. The Morgan fingerprint density at radius 1 is 1.20 bits per heavy atom. The molecule has 0 saturated heterocycles. The van der Waals surface area contributed by atoms with E-state index in [4.69, 9.17) is 4.74 Å². The molecule has 5 heteroatoms. The van der Waals surface area contributed by atoms with Crippen molar-refractivity contribution in [2.24, 2.45) is 23.7 Å². The lowest BCUT2D eigenvalue weighted by Gasteiger charge is -2.30. The van der Waals surface area contributed by atoms with Crippen LogP contribution in [0.3, 0.4) is 0 Å². The molecule has 2 bridgehead atoms. The van der Waals surface area contributed by atoms with Gasteiger partial charge in [0.05, 0.1) is 6.61 Å². The number of nitrogens with one attached hydrogen (secondary N) is 2. The number of urea groups is 1. The van der Waals surface area contributed by atoms with Crippen molar-refractivity contribution in [1.29, 1.82) is 0 Å².